The molecule has 0 heterocycles. The second-order valence-corrected chi connectivity index (χ2v) is 4.90. The Kier molecular flexibility index (Phi) is 7.77. The molecule has 1 rings (SSSR count). The molecule has 0 aliphatic rings. The third-order valence-electron chi connectivity index (χ3n) is 3.14. The molecule has 0 radical (unpaired) electrons. The van der Waals surface area contributed by atoms with E-state index in [4.69, 9.17) is 4.74 Å². The zero-order valence-corrected chi connectivity index (χ0v) is 13.1. The van der Waals surface area contributed by atoms with Gasteiger partial charge in [0, 0.05) is 26.6 Å². The van der Waals surface area contributed by atoms with E-state index in [1.165, 1.54) is 13.2 Å². The fourth-order valence-electron chi connectivity index (χ4n) is 1.93. The molecular weight excluding hydrogens is 309 g/mol. The molecule has 1 aromatic rings. The largest absolute Gasteiger partial charge is 0.416 e. The van der Waals surface area contributed by atoms with Gasteiger partial charge in [-0.05, 0) is 18.7 Å². The van der Waals surface area contributed by atoms with Crippen LogP contribution < -0.4 is 10.6 Å². The Labute approximate surface area is 133 Å². The maximum Gasteiger partial charge on any atom is 0.416 e. The van der Waals surface area contributed by atoms with Gasteiger partial charge in [0.05, 0.1) is 5.56 Å². The van der Waals surface area contributed by atoms with Gasteiger partial charge in [-0.2, -0.15) is 13.2 Å². The molecule has 0 fully saturated rings. The number of methoxy groups -OCH3 is 1. The lowest BCUT2D eigenvalue weighted by atomic mass is 10.0. The Morgan fingerprint density at radius 2 is 2.00 bits per heavy atom. The molecule has 0 saturated heterocycles. The molecule has 7 heteroatoms. The quantitative estimate of drug-likeness (QED) is 0.718. The first-order valence-electron chi connectivity index (χ1n) is 7.14. The minimum atomic E-state index is -4.40. The van der Waals surface area contributed by atoms with Crippen LogP contribution in [0, 0.1) is 0 Å². The number of alkyl halides is 3. The summed E-state index contributed by atoms with van der Waals surface area (Å²) in [5.41, 5.74) is -0.340. The second kappa shape index (κ2) is 9.32. The van der Waals surface area contributed by atoms with Crippen LogP contribution in [0.2, 0.25) is 0 Å². The Hall–Kier alpha value is -1.86. The van der Waals surface area contributed by atoms with Crippen molar-refractivity contribution in [3.8, 4) is 0 Å². The summed E-state index contributed by atoms with van der Waals surface area (Å²) in [5, 5.41) is 5.58. The van der Waals surface area contributed by atoms with E-state index in [-0.39, 0.29) is 12.3 Å². The van der Waals surface area contributed by atoms with Crippen molar-refractivity contribution in [1.82, 2.24) is 10.6 Å². The lowest BCUT2D eigenvalue weighted by Gasteiger charge is -2.16. The topological polar surface area (TPSA) is 50.4 Å². The zero-order valence-electron chi connectivity index (χ0n) is 13.1. The van der Waals surface area contributed by atoms with Gasteiger partial charge < -0.3 is 15.4 Å². The van der Waals surface area contributed by atoms with Crippen LogP contribution in [0.5, 0.6) is 0 Å². The number of carbonyl (C=O) groups is 1. The van der Waals surface area contributed by atoms with Gasteiger partial charge in [0.2, 0.25) is 5.91 Å². The number of rotatable bonds is 8. The van der Waals surface area contributed by atoms with Crippen LogP contribution in [0.4, 0.5) is 13.2 Å². The molecule has 1 atom stereocenters. The highest BCUT2D eigenvalue weighted by Gasteiger charge is 2.30. The minimum Gasteiger partial charge on any atom is -0.371 e. The summed E-state index contributed by atoms with van der Waals surface area (Å²) < 4.78 is 43.2. The van der Waals surface area contributed by atoms with Gasteiger partial charge in [-0.25, -0.2) is 0 Å². The lowest BCUT2D eigenvalue weighted by molar-refractivity contribution is -0.137. The van der Waals surface area contributed by atoms with Gasteiger partial charge in [-0.15, -0.1) is 0 Å². The van der Waals surface area contributed by atoms with Crippen LogP contribution in [-0.2, 0) is 22.1 Å². The summed E-state index contributed by atoms with van der Waals surface area (Å²) in [6.07, 6.45) is -1.53. The molecule has 0 aliphatic heterocycles. The molecule has 0 aromatic heterocycles. The lowest BCUT2D eigenvalue weighted by Crippen LogP contribution is -2.37. The van der Waals surface area contributed by atoms with E-state index >= 15 is 0 Å². The molecule has 1 unspecified atom stereocenters. The van der Waals surface area contributed by atoms with E-state index in [0.717, 1.165) is 12.1 Å². The molecule has 1 amide bonds. The summed E-state index contributed by atoms with van der Waals surface area (Å²) in [5.74, 6) is -0.362. The van der Waals surface area contributed by atoms with Gasteiger partial charge in [-0.1, -0.05) is 30.4 Å². The number of amides is 1. The first kappa shape index (κ1) is 19.2. The SMILES string of the molecule is CNCC=CCNC(=O)C(Cc1cccc(C(F)(F)F)c1)OC. The molecule has 0 saturated carbocycles. The third-order valence-corrected chi connectivity index (χ3v) is 3.14. The summed E-state index contributed by atoms with van der Waals surface area (Å²) in [4.78, 5) is 12.0. The molecule has 2 N–H and O–H groups in total. The van der Waals surface area contributed by atoms with E-state index < -0.39 is 17.8 Å². The molecule has 0 aliphatic carbocycles. The van der Waals surface area contributed by atoms with Crippen LogP contribution in [-0.4, -0.2) is 39.3 Å². The first-order valence-corrected chi connectivity index (χ1v) is 7.14. The predicted molar refractivity (Wildman–Crippen MR) is 82.0 cm³/mol. The molecule has 4 nitrogen and oxygen atoms in total. The summed E-state index contributed by atoms with van der Waals surface area (Å²) in [7, 11) is 3.16. The highest BCUT2D eigenvalue weighted by atomic mass is 19.4. The van der Waals surface area contributed by atoms with Crippen LogP contribution in [0.1, 0.15) is 11.1 Å². The Morgan fingerprint density at radius 1 is 1.30 bits per heavy atom. The van der Waals surface area contributed by atoms with Crippen molar-refractivity contribution in [2.75, 3.05) is 27.2 Å². The van der Waals surface area contributed by atoms with Crippen LogP contribution >= 0.6 is 0 Å². The van der Waals surface area contributed by atoms with E-state index in [1.54, 1.807) is 19.2 Å². The predicted octanol–water partition coefficient (Wildman–Crippen LogP) is 2.15. The van der Waals surface area contributed by atoms with E-state index in [0.29, 0.717) is 18.7 Å². The maximum absolute atomic E-state index is 12.7. The smallest absolute Gasteiger partial charge is 0.371 e. The fraction of sp³-hybridized carbons (Fsp3) is 0.438. The van der Waals surface area contributed by atoms with Crippen LogP contribution in [0.15, 0.2) is 36.4 Å². The van der Waals surface area contributed by atoms with E-state index in [1.807, 2.05) is 6.08 Å². The summed E-state index contributed by atoms with van der Waals surface area (Å²) in [6, 6.07) is 4.90. The normalized spacial score (nSPS) is 13.3. The van der Waals surface area contributed by atoms with Gasteiger partial charge in [0.15, 0.2) is 0 Å². The van der Waals surface area contributed by atoms with Crippen molar-refractivity contribution < 1.29 is 22.7 Å². The van der Waals surface area contributed by atoms with E-state index in [2.05, 4.69) is 10.6 Å². The monoisotopic (exact) mass is 330 g/mol. The molecule has 1 aromatic carbocycles. The average Bonchev–Trinajstić information content (AvgIpc) is 2.51. The molecular formula is C16H21F3N2O2. The Morgan fingerprint density at radius 3 is 2.61 bits per heavy atom. The Bertz CT molecular complexity index is 530. The number of hydrogen-bond donors (Lipinski definition) is 2. The third kappa shape index (κ3) is 6.83. The van der Waals surface area contributed by atoms with Gasteiger partial charge in [0.1, 0.15) is 6.10 Å². The maximum atomic E-state index is 12.7. The van der Waals surface area contributed by atoms with Gasteiger partial charge in [-0.3, -0.25) is 4.79 Å². The fourth-order valence-corrected chi connectivity index (χ4v) is 1.93. The van der Waals surface area contributed by atoms with Crippen molar-refractivity contribution in [3.05, 3.63) is 47.5 Å². The average molecular weight is 330 g/mol. The highest BCUT2D eigenvalue weighted by molar-refractivity contribution is 5.81. The number of hydrogen-bond acceptors (Lipinski definition) is 3. The number of nitrogens with one attached hydrogen (secondary N) is 2. The first-order chi connectivity index (χ1) is 10.9. The van der Waals surface area contributed by atoms with Gasteiger partial charge >= 0.3 is 6.18 Å². The van der Waals surface area contributed by atoms with Crippen molar-refractivity contribution >= 4 is 5.91 Å². The number of halogens is 3. The summed E-state index contributed by atoms with van der Waals surface area (Å²) >= 11 is 0. The number of carbonyl (C=O) groups excluding carboxylic acids is 1. The van der Waals surface area contributed by atoms with Crippen molar-refractivity contribution in [3.63, 3.8) is 0 Å². The van der Waals surface area contributed by atoms with Gasteiger partial charge in [0.25, 0.3) is 0 Å². The van der Waals surface area contributed by atoms with Crippen LogP contribution in [0.3, 0.4) is 0 Å². The number of likely N-dealkylation sites (N-methyl/N-ethyl adjacent to an activating group) is 1. The van der Waals surface area contributed by atoms with Crippen molar-refractivity contribution in [2.45, 2.75) is 18.7 Å². The van der Waals surface area contributed by atoms with E-state index in [9.17, 15) is 18.0 Å². The number of benzene rings is 1. The minimum absolute atomic E-state index is 0.0759. The molecule has 23 heavy (non-hydrogen) atoms. The number of ether oxygens (including phenoxy) is 1. The second-order valence-electron chi connectivity index (χ2n) is 4.90. The van der Waals surface area contributed by atoms with Crippen molar-refractivity contribution in [2.24, 2.45) is 0 Å². The molecule has 0 spiro atoms. The molecule has 128 valence electrons. The summed E-state index contributed by atoms with van der Waals surface area (Å²) in [6.45, 7) is 1.02. The van der Waals surface area contributed by atoms with Crippen LogP contribution in [0.25, 0.3) is 0 Å². The molecule has 0 bridgehead atoms. The van der Waals surface area contributed by atoms with Crippen molar-refractivity contribution in [1.29, 1.82) is 0 Å². The highest BCUT2D eigenvalue weighted by Crippen LogP contribution is 2.29. The standard InChI is InChI=1S/C16H21F3N2O2/c1-20-8-3-4-9-21-15(22)14(23-2)11-12-6-5-7-13(10-12)16(17,18)19/h3-7,10,14,20H,8-9,11H2,1-2H3,(H,21,22). The Balaban J connectivity index is 2.63. The zero-order chi connectivity index (χ0) is 17.3.